The van der Waals surface area contributed by atoms with Crippen molar-refractivity contribution in [2.24, 2.45) is 0 Å². The Balaban J connectivity index is 2.25. The quantitative estimate of drug-likeness (QED) is 0.856. The van der Waals surface area contributed by atoms with Crippen LogP contribution in [0.1, 0.15) is 5.56 Å². The molecule has 1 heterocycles. The molecule has 0 fully saturated rings. The van der Waals surface area contributed by atoms with Crippen molar-refractivity contribution in [1.29, 1.82) is 5.26 Å². The van der Waals surface area contributed by atoms with E-state index in [-0.39, 0.29) is 0 Å². The SMILES string of the molecule is N#Cc1cnc(Oc2ccc(I)cc2)c(N)c1. The maximum atomic E-state index is 8.69. The molecule has 0 unspecified atom stereocenters. The van der Waals surface area contributed by atoms with E-state index in [4.69, 9.17) is 15.7 Å². The number of ether oxygens (including phenoxy) is 1. The number of nitrogen functional groups attached to an aromatic ring is 1. The normalized spacial score (nSPS) is 9.65. The van der Waals surface area contributed by atoms with E-state index in [1.165, 1.54) is 12.3 Å². The van der Waals surface area contributed by atoms with Gasteiger partial charge in [0, 0.05) is 9.77 Å². The number of halogens is 1. The first-order chi connectivity index (χ1) is 8.19. The summed E-state index contributed by atoms with van der Waals surface area (Å²) >= 11 is 2.21. The lowest BCUT2D eigenvalue weighted by Crippen LogP contribution is -1.95. The second kappa shape index (κ2) is 5.01. The smallest absolute Gasteiger partial charge is 0.242 e. The number of aromatic nitrogens is 1. The second-order valence-corrected chi connectivity index (χ2v) is 4.53. The van der Waals surface area contributed by atoms with Gasteiger partial charge in [-0.15, -0.1) is 0 Å². The van der Waals surface area contributed by atoms with Gasteiger partial charge in [0.2, 0.25) is 5.88 Å². The van der Waals surface area contributed by atoms with E-state index in [1.807, 2.05) is 30.3 Å². The van der Waals surface area contributed by atoms with Crippen LogP contribution < -0.4 is 10.5 Å². The highest BCUT2D eigenvalue weighted by Crippen LogP contribution is 2.25. The summed E-state index contributed by atoms with van der Waals surface area (Å²) in [6.45, 7) is 0. The van der Waals surface area contributed by atoms with Crippen molar-refractivity contribution < 1.29 is 4.74 Å². The molecular formula is C12H8IN3O. The van der Waals surface area contributed by atoms with Crippen molar-refractivity contribution in [3.63, 3.8) is 0 Å². The van der Waals surface area contributed by atoms with Crippen LogP contribution in [0.5, 0.6) is 11.6 Å². The van der Waals surface area contributed by atoms with Crippen LogP contribution in [0, 0.1) is 14.9 Å². The maximum Gasteiger partial charge on any atom is 0.242 e. The van der Waals surface area contributed by atoms with Gasteiger partial charge < -0.3 is 10.5 Å². The third kappa shape index (κ3) is 2.85. The predicted octanol–water partition coefficient (Wildman–Crippen LogP) is 2.93. The Morgan fingerprint density at radius 2 is 2.00 bits per heavy atom. The van der Waals surface area contributed by atoms with E-state index in [0.717, 1.165) is 3.57 Å². The Morgan fingerprint density at radius 1 is 1.29 bits per heavy atom. The number of anilines is 1. The number of benzene rings is 1. The topological polar surface area (TPSA) is 71.9 Å². The summed E-state index contributed by atoms with van der Waals surface area (Å²) in [6.07, 6.45) is 1.43. The third-order valence-corrected chi connectivity index (χ3v) is 2.76. The molecule has 0 aliphatic heterocycles. The molecule has 0 saturated heterocycles. The number of hydrogen-bond acceptors (Lipinski definition) is 4. The minimum Gasteiger partial charge on any atom is -0.437 e. The lowest BCUT2D eigenvalue weighted by atomic mass is 10.3. The molecule has 1 aromatic heterocycles. The molecule has 0 aliphatic carbocycles. The molecule has 0 saturated carbocycles. The molecule has 0 radical (unpaired) electrons. The van der Waals surface area contributed by atoms with Gasteiger partial charge in [-0.25, -0.2) is 4.98 Å². The highest BCUT2D eigenvalue weighted by atomic mass is 127. The number of rotatable bonds is 2. The summed E-state index contributed by atoms with van der Waals surface area (Å²) in [7, 11) is 0. The standard InChI is InChI=1S/C12H8IN3O/c13-9-1-3-10(4-2-9)17-12-11(15)5-8(6-14)7-16-12/h1-5,7H,15H2. The number of pyridine rings is 1. The van der Waals surface area contributed by atoms with Gasteiger partial charge in [-0.3, -0.25) is 0 Å². The zero-order valence-corrected chi connectivity index (χ0v) is 10.9. The number of nitriles is 1. The molecule has 0 atom stereocenters. The molecule has 2 N–H and O–H groups in total. The van der Waals surface area contributed by atoms with Gasteiger partial charge in [-0.2, -0.15) is 5.26 Å². The zero-order chi connectivity index (χ0) is 12.3. The van der Waals surface area contributed by atoms with Crippen LogP contribution in [0.25, 0.3) is 0 Å². The highest BCUT2D eigenvalue weighted by molar-refractivity contribution is 14.1. The first kappa shape index (κ1) is 11.7. The molecule has 2 rings (SSSR count). The van der Waals surface area contributed by atoms with Gasteiger partial charge in [0.1, 0.15) is 11.8 Å². The fourth-order valence-corrected chi connectivity index (χ4v) is 1.59. The molecule has 0 bridgehead atoms. The van der Waals surface area contributed by atoms with E-state index in [0.29, 0.717) is 22.9 Å². The minimum atomic E-state index is 0.310. The molecule has 5 heteroatoms. The van der Waals surface area contributed by atoms with Crippen LogP contribution >= 0.6 is 22.6 Å². The summed E-state index contributed by atoms with van der Waals surface area (Å²) in [4.78, 5) is 4.00. The van der Waals surface area contributed by atoms with E-state index in [9.17, 15) is 0 Å². The summed E-state index contributed by atoms with van der Waals surface area (Å²) in [6, 6.07) is 11.0. The predicted molar refractivity (Wildman–Crippen MR) is 72.6 cm³/mol. The van der Waals surface area contributed by atoms with Crippen LogP contribution in [0.4, 0.5) is 5.69 Å². The largest absolute Gasteiger partial charge is 0.437 e. The van der Waals surface area contributed by atoms with Gasteiger partial charge in [0.05, 0.1) is 11.3 Å². The molecule has 0 amide bonds. The van der Waals surface area contributed by atoms with Gasteiger partial charge in [-0.1, -0.05) is 0 Å². The molecule has 2 aromatic rings. The first-order valence-electron chi connectivity index (χ1n) is 4.78. The number of hydrogen-bond donors (Lipinski definition) is 1. The molecule has 1 aromatic carbocycles. The zero-order valence-electron chi connectivity index (χ0n) is 8.72. The second-order valence-electron chi connectivity index (χ2n) is 3.29. The van der Waals surface area contributed by atoms with Crippen molar-refractivity contribution in [2.45, 2.75) is 0 Å². The molecule has 17 heavy (non-hydrogen) atoms. The average Bonchev–Trinajstić information content (AvgIpc) is 2.34. The number of nitrogens with two attached hydrogens (primary N) is 1. The fourth-order valence-electron chi connectivity index (χ4n) is 1.23. The Kier molecular flexibility index (Phi) is 3.44. The van der Waals surface area contributed by atoms with Crippen LogP contribution in [0.3, 0.4) is 0 Å². The lowest BCUT2D eigenvalue weighted by Gasteiger charge is -2.07. The Labute approximate surface area is 112 Å². The van der Waals surface area contributed by atoms with Crippen LogP contribution in [-0.4, -0.2) is 4.98 Å². The van der Waals surface area contributed by atoms with Crippen LogP contribution in [0.2, 0.25) is 0 Å². The van der Waals surface area contributed by atoms with E-state index in [1.54, 1.807) is 0 Å². The van der Waals surface area contributed by atoms with Crippen molar-refractivity contribution in [2.75, 3.05) is 5.73 Å². The Morgan fingerprint density at radius 3 is 2.59 bits per heavy atom. The highest BCUT2D eigenvalue weighted by Gasteiger charge is 2.05. The molecule has 0 spiro atoms. The molecule has 0 aliphatic rings. The van der Waals surface area contributed by atoms with Crippen LogP contribution in [-0.2, 0) is 0 Å². The maximum absolute atomic E-state index is 8.69. The molecule has 84 valence electrons. The summed E-state index contributed by atoms with van der Waals surface area (Å²) < 4.78 is 6.64. The third-order valence-electron chi connectivity index (χ3n) is 2.04. The summed E-state index contributed by atoms with van der Waals surface area (Å²) in [5, 5.41) is 8.69. The van der Waals surface area contributed by atoms with Gasteiger partial charge in [0.25, 0.3) is 0 Å². The van der Waals surface area contributed by atoms with Gasteiger partial charge >= 0.3 is 0 Å². The van der Waals surface area contributed by atoms with Crippen molar-refractivity contribution >= 4 is 28.3 Å². The molecular weight excluding hydrogens is 329 g/mol. The van der Waals surface area contributed by atoms with E-state index < -0.39 is 0 Å². The van der Waals surface area contributed by atoms with Gasteiger partial charge in [-0.05, 0) is 52.9 Å². The van der Waals surface area contributed by atoms with Crippen molar-refractivity contribution in [1.82, 2.24) is 4.98 Å². The lowest BCUT2D eigenvalue weighted by molar-refractivity contribution is 0.465. The Hall–Kier alpha value is -1.81. The Bertz CT molecular complexity index is 575. The first-order valence-corrected chi connectivity index (χ1v) is 5.86. The summed E-state index contributed by atoms with van der Waals surface area (Å²) in [5.74, 6) is 0.972. The van der Waals surface area contributed by atoms with Crippen molar-refractivity contribution in [3.8, 4) is 17.7 Å². The fraction of sp³-hybridized carbons (Fsp3) is 0. The van der Waals surface area contributed by atoms with Crippen LogP contribution in [0.15, 0.2) is 36.5 Å². The molecule has 4 nitrogen and oxygen atoms in total. The number of nitrogens with zero attached hydrogens (tertiary/aromatic N) is 2. The van der Waals surface area contributed by atoms with E-state index in [2.05, 4.69) is 27.6 Å². The minimum absolute atomic E-state index is 0.310. The van der Waals surface area contributed by atoms with Crippen molar-refractivity contribution in [3.05, 3.63) is 45.7 Å². The summed E-state index contributed by atoms with van der Waals surface area (Å²) in [5.41, 5.74) is 6.50. The monoisotopic (exact) mass is 337 g/mol. The van der Waals surface area contributed by atoms with Gasteiger partial charge in [0.15, 0.2) is 0 Å². The van der Waals surface area contributed by atoms with E-state index >= 15 is 0 Å². The average molecular weight is 337 g/mol.